The van der Waals surface area contributed by atoms with Crippen molar-refractivity contribution < 1.29 is 28.2 Å². The summed E-state index contributed by atoms with van der Waals surface area (Å²) in [6.07, 6.45) is 11.3. The molecule has 1 saturated heterocycles. The lowest BCUT2D eigenvalue weighted by molar-refractivity contribution is -0.122. The molecule has 4 amide bonds. The van der Waals surface area contributed by atoms with Gasteiger partial charge in [0.2, 0.25) is 0 Å². The van der Waals surface area contributed by atoms with Crippen molar-refractivity contribution in [1.82, 2.24) is 5.32 Å². The first-order valence-electron chi connectivity index (χ1n) is 16.6. The Bertz CT molecular complexity index is 1740. The maximum absolute atomic E-state index is 14.3. The van der Waals surface area contributed by atoms with Crippen LogP contribution in [0.4, 0.5) is 14.9 Å². The number of carbonyl (C=O) groups excluding carboxylic acids is 3. The number of amides is 4. The number of carbonyl (C=O) groups is 3. The molecule has 5 aliphatic rings. The normalized spacial score (nSPS) is 25.7. The van der Waals surface area contributed by atoms with E-state index in [-0.39, 0.29) is 23.4 Å². The summed E-state index contributed by atoms with van der Waals surface area (Å²) in [6.45, 7) is 5.99. The quantitative estimate of drug-likeness (QED) is 0.141. The SMILES string of the molecule is C=CCc1cc(/C=C2\C(=O)NC(=O)N(c3ccc(C45CC6CC(CC(C6)C4)C5)cc3)C2=O)cc(OCC)c1OCc1ccccc1F. The fraction of sp³-hybridized carbons (Fsp3) is 0.359. The highest BCUT2D eigenvalue weighted by Crippen LogP contribution is 2.60. The van der Waals surface area contributed by atoms with Gasteiger partial charge >= 0.3 is 6.03 Å². The minimum absolute atomic E-state index is 0.0169. The average molecular weight is 635 g/mol. The number of halogens is 1. The molecule has 0 radical (unpaired) electrons. The highest BCUT2D eigenvalue weighted by Gasteiger charge is 2.51. The smallest absolute Gasteiger partial charge is 0.335 e. The van der Waals surface area contributed by atoms with E-state index in [2.05, 4.69) is 24.0 Å². The van der Waals surface area contributed by atoms with E-state index in [4.69, 9.17) is 9.47 Å². The van der Waals surface area contributed by atoms with Gasteiger partial charge in [-0.05, 0) is 123 Å². The lowest BCUT2D eigenvalue weighted by atomic mass is 9.48. The van der Waals surface area contributed by atoms with E-state index in [0.717, 1.165) is 22.7 Å². The summed E-state index contributed by atoms with van der Waals surface area (Å²) in [6, 6.07) is 16.8. The first kappa shape index (κ1) is 30.9. The molecule has 0 spiro atoms. The van der Waals surface area contributed by atoms with Gasteiger partial charge in [-0.2, -0.15) is 0 Å². The minimum Gasteiger partial charge on any atom is -0.490 e. The summed E-state index contributed by atoms with van der Waals surface area (Å²) in [5.74, 6) is 1.36. The number of anilines is 1. The van der Waals surface area contributed by atoms with Crippen LogP contribution >= 0.6 is 0 Å². The van der Waals surface area contributed by atoms with Gasteiger partial charge in [-0.1, -0.05) is 36.4 Å². The van der Waals surface area contributed by atoms with Gasteiger partial charge in [0.05, 0.1) is 12.3 Å². The molecule has 1 aliphatic heterocycles. The first-order chi connectivity index (χ1) is 22.8. The highest BCUT2D eigenvalue weighted by atomic mass is 19.1. The highest BCUT2D eigenvalue weighted by molar-refractivity contribution is 6.39. The van der Waals surface area contributed by atoms with Gasteiger partial charge in [-0.25, -0.2) is 14.1 Å². The predicted octanol–water partition coefficient (Wildman–Crippen LogP) is 7.67. The summed E-state index contributed by atoms with van der Waals surface area (Å²) in [7, 11) is 0. The molecular formula is C39H39FN2O5. The summed E-state index contributed by atoms with van der Waals surface area (Å²) in [4.78, 5) is 40.9. The average Bonchev–Trinajstić information content (AvgIpc) is 3.03. The predicted molar refractivity (Wildman–Crippen MR) is 178 cm³/mol. The van der Waals surface area contributed by atoms with Crippen molar-refractivity contribution >= 4 is 29.6 Å². The van der Waals surface area contributed by atoms with Crippen LogP contribution in [0.3, 0.4) is 0 Å². The fourth-order valence-corrected chi connectivity index (χ4v) is 8.75. The molecule has 3 aromatic carbocycles. The number of imide groups is 2. The Balaban J connectivity index is 1.17. The van der Waals surface area contributed by atoms with Crippen LogP contribution in [0.1, 0.15) is 67.7 Å². The number of ether oxygens (including phenoxy) is 2. The first-order valence-corrected chi connectivity index (χ1v) is 16.6. The van der Waals surface area contributed by atoms with Gasteiger partial charge < -0.3 is 9.47 Å². The summed E-state index contributed by atoms with van der Waals surface area (Å²) in [5.41, 5.74) is 3.30. The second kappa shape index (κ2) is 12.5. The monoisotopic (exact) mass is 634 g/mol. The minimum atomic E-state index is -0.779. The molecule has 5 fully saturated rings. The third-order valence-corrected chi connectivity index (χ3v) is 10.3. The van der Waals surface area contributed by atoms with Gasteiger partial charge in [-0.15, -0.1) is 6.58 Å². The van der Waals surface area contributed by atoms with E-state index in [1.165, 1.54) is 56.2 Å². The molecule has 4 saturated carbocycles. The molecule has 4 bridgehead atoms. The molecule has 47 heavy (non-hydrogen) atoms. The molecule has 1 N–H and O–H groups in total. The number of barbiturate groups is 1. The largest absolute Gasteiger partial charge is 0.490 e. The van der Waals surface area contributed by atoms with Crippen LogP contribution in [0, 0.1) is 23.6 Å². The van der Waals surface area contributed by atoms with Gasteiger partial charge in [0.1, 0.15) is 18.0 Å². The Morgan fingerprint density at radius 3 is 2.26 bits per heavy atom. The van der Waals surface area contributed by atoms with Gasteiger partial charge in [-0.3, -0.25) is 14.9 Å². The lowest BCUT2D eigenvalue weighted by Crippen LogP contribution is -2.54. The summed E-state index contributed by atoms with van der Waals surface area (Å²) >= 11 is 0. The molecule has 3 aromatic rings. The number of hydrogen-bond acceptors (Lipinski definition) is 5. The van der Waals surface area contributed by atoms with Crippen LogP contribution in [0.25, 0.3) is 6.08 Å². The Labute approximate surface area is 274 Å². The van der Waals surface area contributed by atoms with Gasteiger partial charge in [0.15, 0.2) is 11.5 Å². The third-order valence-electron chi connectivity index (χ3n) is 10.3. The van der Waals surface area contributed by atoms with E-state index in [1.54, 1.807) is 36.4 Å². The molecule has 8 rings (SSSR count). The maximum Gasteiger partial charge on any atom is 0.335 e. The molecule has 0 atom stereocenters. The van der Waals surface area contributed by atoms with Crippen LogP contribution in [-0.2, 0) is 28.0 Å². The molecule has 8 heteroatoms. The Morgan fingerprint density at radius 2 is 1.62 bits per heavy atom. The second-order valence-electron chi connectivity index (χ2n) is 13.5. The number of rotatable bonds is 10. The Hall–Kier alpha value is -4.72. The molecule has 0 aromatic heterocycles. The number of benzene rings is 3. The number of nitrogens with one attached hydrogen (secondary N) is 1. The van der Waals surface area contributed by atoms with E-state index >= 15 is 0 Å². The standard InChI is InChI=1S/C39H39FN2O5/c1-3-7-28-17-24(19-34(46-4-2)35(28)47-23-29-8-5-6-9-33(29)40)18-32-36(43)41-38(45)42(37(32)44)31-12-10-30(11-13-31)39-20-25-14-26(21-39)16-27(15-25)22-39/h3,5-6,8-13,17-19,25-27H,1,4,7,14-16,20-23H2,2H3,(H,41,43,45)/b32-18+. The van der Waals surface area contributed by atoms with Crippen molar-refractivity contribution in [3.8, 4) is 11.5 Å². The van der Waals surface area contributed by atoms with E-state index in [0.29, 0.717) is 46.9 Å². The van der Waals surface area contributed by atoms with Crippen molar-refractivity contribution in [2.45, 2.75) is 63.9 Å². The van der Waals surface area contributed by atoms with E-state index in [9.17, 15) is 18.8 Å². The lowest BCUT2D eigenvalue weighted by Gasteiger charge is -2.57. The second-order valence-corrected chi connectivity index (χ2v) is 13.5. The van der Waals surface area contributed by atoms with Crippen LogP contribution in [0.5, 0.6) is 11.5 Å². The van der Waals surface area contributed by atoms with Crippen molar-refractivity contribution in [3.05, 3.63) is 107 Å². The Morgan fingerprint density at radius 1 is 0.936 bits per heavy atom. The van der Waals surface area contributed by atoms with E-state index < -0.39 is 17.8 Å². The number of hydrogen-bond donors (Lipinski definition) is 1. The number of allylic oxidation sites excluding steroid dienone is 1. The number of nitrogens with zero attached hydrogens (tertiary/aromatic N) is 1. The number of urea groups is 1. The van der Waals surface area contributed by atoms with E-state index in [1.807, 2.05) is 19.1 Å². The fourth-order valence-electron chi connectivity index (χ4n) is 8.75. The summed E-state index contributed by atoms with van der Waals surface area (Å²) in [5, 5.41) is 2.34. The third kappa shape index (κ3) is 5.86. The Kier molecular flexibility index (Phi) is 8.20. The van der Waals surface area contributed by atoms with Crippen molar-refractivity contribution in [2.75, 3.05) is 11.5 Å². The van der Waals surface area contributed by atoms with Gasteiger partial charge in [0.25, 0.3) is 11.8 Å². The zero-order valence-electron chi connectivity index (χ0n) is 26.6. The molecular weight excluding hydrogens is 595 g/mol. The zero-order chi connectivity index (χ0) is 32.7. The van der Waals surface area contributed by atoms with Crippen molar-refractivity contribution in [1.29, 1.82) is 0 Å². The van der Waals surface area contributed by atoms with Crippen molar-refractivity contribution in [2.24, 2.45) is 17.8 Å². The molecule has 4 aliphatic carbocycles. The van der Waals surface area contributed by atoms with Crippen molar-refractivity contribution in [3.63, 3.8) is 0 Å². The molecule has 242 valence electrons. The van der Waals surface area contributed by atoms with Crippen LogP contribution in [0.2, 0.25) is 0 Å². The molecule has 0 unspecified atom stereocenters. The molecule has 1 heterocycles. The van der Waals surface area contributed by atoms with Crippen LogP contribution < -0.4 is 19.7 Å². The van der Waals surface area contributed by atoms with Gasteiger partial charge in [0, 0.05) is 11.1 Å². The maximum atomic E-state index is 14.3. The zero-order valence-corrected chi connectivity index (χ0v) is 26.6. The van der Waals surface area contributed by atoms with Crippen LogP contribution in [0.15, 0.2) is 78.9 Å². The summed E-state index contributed by atoms with van der Waals surface area (Å²) < 4.78 is 26.3. The molecule has 7 nitrogen and oxygen atoms in total. The topological polar surface area (TPSA) is 84.9 Å². The van der Waals surface area contributed by atoms with Crippen LogP contribution in [-0.4, -0.2) is 24.5 Å².